The van der Waals surface area contributed by atoms with E-state index in [1.807, 2.05) is 13.8 Å². The number of hydroxylamine groups is 2. The lowest BCUT2D eigenvalue weighted by Gasteiger charge is -2.13. The van der Waals surface area contributed by atoms with Crippen molar-refractivity contribution in [2.24, 2.45) is 0 Å². The molecule has 0 fully saturated rings. The minimum atomic E-state index is -0.366. The topological polar surface area (TPSA) is 40.5 Å². The predicted molar refractivity (Wildman–Crippen MR) is 43.2 cm³/mol. The minimum Gasteiger partial charge on any atom is -0.286 e. The Hall–Kier alpha value is -0.830. The molecule has 3 nitrogen and oxygen atoms in total. The van der Waals surface area contributed by atoms with Crippen LogP contribution >= 0.6 is 0 Å². The highest BCUT2D eigenvalue weighted by molar-refractivity contribution is 5.91. The Morgan fingerprint density at radius 3 is 2.45 bits per heavy atom. The normalized spacial score (nSPS) is 9.36. The van der Waals surface area contributed by atoms with Crippen LogP contribution in [0.15, 0.2) is 12.2 Å². The van der Waals surface area contributed by atoms with Crippen LogP contribution in [0.1, 0.15) is 26.7 Å². The molecule has 0 spiro atoms. The minimum absolute atomic E-state index is 0.366. The molecule has 0 atom stereocenters. The molecule has 64 valence electrons. The van der Waals surface area contributed by atoms with Crippen molar-refractivity contribution in [2.45, 2.75) is 26.7 Å². The van der Waals surface area contributed by atoms with Crippen LogP contribution in [0.4, 0.5) is 0 Å². The predicted octanol–water partition coefficient (Wildman–Crippen LogP) is 1.58. The molecule has 0 saturated carbocycles. The maximum Gasteiger partial charge on any atom is 0.272 e. The van der Waals surface area contributed by atoms with E-state index in [1.54, 1.807) is 0 Å². The fraction of sp³-hybridized carbons (Fsp3) is 0.625. The lowest BCUT2D eigenvalue weighted by molar-refractivity contribution is -0.160. The summed E-state index contributed by atoms with van der Waals surface area (Å²) in [5, 5.41) is 9.76. The van der Waals surface area contributed by atoms with E-state index in [-0.39, 0.29) is 5.91 Å². The standard InChI is InChI=1S/C8H15NO2/c1-4-6-9(11)8(10)7(3)5-2/h11H,3-6H2,1-2H3. The van der Waals surface area contributed by atoms with E-state index in [9.17, 15) is 4.79 Å². The first-order valence-corrected chi connectivity index (χ1v) is 3.82. The highest BCUT2D eigenvalue weighted by Gasteiger charge is 2.11. The van der Waals surface area contributed by atoms with Gasteiger partial charge in [0.15, 0.2) is 0 Å². The van der Waals surface area contributed by atoms with Gasteiger partial charge in [0.25, 0.3) is 5.91 Å². The Kier molecular flexibility index (Phi) is 4.54. The number of carbonyl (C=O) groups is 1. The summed E-state index contributed by atoms with van der Waals surface area (Å²) in [4.78, 5) is 11.0. The van der Waals surface area contributed by atoms with Gasteiger partial charge in [-0.15, -0.1) is 0 Å². The van der Waals surface area contributed by atoms with Crippen LogP contribution in [0.3, 0.4) is 0 Å². The molecular weight excluding hydrogens is 142 g/mol. The second-order valence-corrected chi connectivity index (χ2v) is 2.39. The average Bonchev–Trinajstić information content (AvgIpc) is 2.02. The molecule has 1 N–H and O–H groups in total. The first kappa shape index (κ1) is 10.2. The zero-order valence-corrected chi connectivity index (χ0v) is 7.13. The van der Waals surface area contributed by atoms with Crippen LogP contribution in [0.2, 0.25) is 0 Å². The molecule has 3 heteroatoms. The largest absolute Gasteiger partial charge is 0.286 e. The molecule has 1 amide bonds. The first-order chi connectivity index (χ1) is 5.13. The fourth-order valence-electron chi connectivity index (χ4n) is 0.647. The summed E-state index contributed by atoms with van der Waals surface area (Å²) < 4.78 is 0. The first-order valence-electron chi connectivity index (χ1n) is 3.82. The van der Waals surface area contributed by atoms with Crippen LogP contribution in [-0.2, 0) is 4.79 Å². The van der Waals surface area contributed by atoms with Crippen molar-refractivity contribution >= 4 is 5.91 Å². The molecule has 0 aliphatic heterocycles. The molecular formula is C8H15NO2. The van der Waals surface area contributed by atoms with E-state index in [0.29, 0.717) is 23.6 Å². The molecule has 0 aliphatic carbocycles. The molecule has 0 aromatic rings. The molecule has 0 aromatic carbocycles. The van der Waals surface area contributed by atoms with Gasteiger partial charge in [0.05, 0.1) is 0 Å². The summed E-state index contributed by atoms with van der Waals surface area (Å²) in [5.41, 5.74) is 0.445. The fourth-order valence-corrected chi connectivity index (χ4v) is 0.647. The van der Waals surface area contributed by atoms with Gasteiger partial charge in [-0.1, -0.05) is 20.4 Å². The molecule has 0 unspecified atom stereocenters. The summed E-state index contributed by atoms with van der Waals surface area (Å²) in [6, 6.07) is 0. The summed E-state index contributed by atoms with van der Waals surface area (Å²) in [6.45, 7) is 7.63. The number of rotatable bonds is 4. The van der Waals surface area contributed by atoms with E-state index in [2.05, 4.69) is 6.58 Å². The van der Waals surface area contributed by atoms with Crippen molar-refractivity contribution in [3.8, 4) is 0 Å². The molecule has 11 heavy (non-hydrogen) atoms. The smallest absolute Gasteiger partial charge is 0.272 e. The zero-order chi connectivity index (χ0) is 8.85. The zero-order valence-electron chi connectivity index (χ0n) is 7.13. The average molecular weight is 157 g/mol. The highest BCUT2D eigenvalue weighted by Crippen LogP contribution is 2.01. The van der Waals surface area contributed by atoms with E-state index in [1.165, 1.54) is 0 Å². The molecule has 0 radical (unpaired) electrons. The third-order valence-electron chi connectivity index (χ3n) is 1.40. The third-order valence-corrected chi connectivity index (χ3v) is 1.40. The highest BCUT2D eigenvalue weighted by atomic mass is 16.5. The van der Waals surface area contributed by atoms with Crippen molar-refractivity contribution in [1.29, 1.82) is 0 Å². The maximum atomic E-state index is 11.0. The molecule has 0 bridgehead atoms. The Balaban J connectivity index is 3.91. The number of nitrogens with zero attached hydrogens (tertiary/aromatic N) is 1. The van der Waals surface area contributed by atoms with E-state index >= 15 is 0 Å². The number of hydrogen-bond donors (Lipinski definition) is 1. The van der Waals surface area contributed by atoms with Crippen molar-refractivity contribution in [1.82, 2.24) is 5.06 Å². The Bertz CT molecular complexity index is 154. The Morgan fingerprint density at radius 1 is 1.55 bits per heavy atom. The van der Waals surface area contributed by atoms with Crippen molar-refractivity contribution < 1.29 is 10.0 Å². The summed E-state index contributed by atoms with van der Waals surface area (Å²) in [6.07, 6.45) is 1.33. The van der Waals surface area contributed by atoms with Gasteiger partial charge in [0.1, 0.15) is 0 Å². The summed E-state index contributed by atoms with van der Waals surface area (Å²) in [5.74, 6) is -0.366. The van der Waals surface area contributed by atoms with Crippen LogP contribution in [0.5, 0.6) is 0 Å². The Labute approximate surface area is 67.3 Å². The monoisotopic (exact) mass is 157 g/mol. The molecule has 0 heterocycles. The number of hydrogen-bond acceptors (Lipinski definition) is 2. The third kappa shape index (κ3) is 3.18. The molecule has 0 saturated heterocycles. The van der Waals surface area contributed by atoms with Gasteiger partial charge in [0.2, 0.25) is 0 Å². The van der Waals surface area contributed by atoms with E-state index in [4.69, 9.17) is 5.21 Å². The van der Waals surface area contributed by atoms with Gasteiger partial charge in [-0.3, -0.25) is 10.0 Å². The van der Waals surface area contributed by atoms with Crippen molar-refractivity contribution in [3.63, 3.8) is 0 Å². The van der Waals surface area contributed by atoms with Crippen molar-refractivity contribution in [2.75, 3.05) is 6.54 Å². The second-order valence-electron chi connectivity index (χ2n) is 2.39. The number of carbonyl (C=O) groups excluding carboxylic acids is 1. The second kappa shape index (κ2) is 4.91. The summed E-state index contributed by atoms with van der Waals surface area (Å²) >= 11 is 0. The van der Waals surface area contributed by atoms with Crippen LogP contribution in [0.25, 0.3) is 0 Å². The SMILES string of the molecule is C=C(CC)C(=O)N(O)CCC. The quantitative estimate of drug-likeness (QED) is 0.382. The molecule has 0 aliphatic rings. The van der Waals surface area contributed by atoms with E-state index < -0.39 is 0 Å². The van der Waals surface area contributed by atoms with Crippen molar-refractivity contribution in [3.05, 3.63) is 12.2 Å². The number of amides is 1. The molecule has 0 rings (SSSR count). The maximum absolute atomic E-state index is 11.0. The molecule has 0 aromatic heterocycles. The van der Waals surface area contributed by atoms with Gasteiger partial charge in [-0.25, -0.2) is 5.06 Å². The van der Waals surface area contributed by atoms with E-state index in [0.717, 1.165) is 6.42 Å². The van der Waals surface area contributed by atoms with Gasteiger partial charge in [0, 0.05) is 12.1 Å². The van der Waals surface area contributed by atoms with Gasteiger partial charge >= 0.3 is 0 Å². The van der Waals surface area contributed by atoms with Gasteiger partial charge in [-0.2, -0.15) is 0 Å². The summed E-state index contributed by atoms with van der Waals surface area (Å²) in [7, 11) is 0. The van der Waals surface area contributed by atoms with Gasteiger partial charge in [-0.05, 0) is 12.8 Å². The van der Waals surface area contributed by atoms with Gasteiger partial charge < -0.3 is 0 Å². The lowest BCUT2D eigenvalue weighted by atomic mass is 10.2. The van der Waals surface area contributed by atoms with Crippen LogP contribution in [-0.4, -0.2) is 22.7 Å². The lowest BCUT2D eigenvalue weighted by Crippen LogP contribution is -2.28. The Morgan fingerprint density at radius 2 is 2.09 bits per heavy atom. The van der Waals surface area contributed by atoms with Crippen LogP contribution in [0, 0.1) is 0 Å². The van der Waals surface area contributed by atoms with Crippen LogP contribution < -0.4 is 0 Å².